The minimum atomic E-state index is -0.632. The lowest BCUT2D eigenvalue weighted by Gasteiger charge is -2.33. The second kappa shape index (κ2) is 8.96. The van der Waals surface area contributed by atoms with Gasteiger partial charge in [-0.1, -0.05) is 36.4 Å². The highest BCUT2D eigenvalue weighted by Gasteiger charge is 2.29. The molecule has 0 aliphatic carbocycles. The summed E-state index contributed by atoms with van der Waals surface area (Å²) in [5.41, 5.74) is 6.93. The van der Waals surface area contributed by atoms with Gasteiger partial charge in [-0.2, -0.15) is 0 Å². The number of benzene rings is 1. The molecule has 1 aromatic carbocycles. The number of carbonyl (C=O) groups excluding carboxylic acids is 2. The average molecular weight is 372 g/mol. The van der Waals surface area contributed by atoms with Gasteiger partial charge in [0.2, 0.25) is 11.8 Å². The predicted molar refractivity (Wildman–Crippen MR) is 104 cm³/mol. The quantitative estimate of drug-likeness (QED) is 0.818. The third kappa shape index (κ3) is 4.71. The number of amides is 2. The molecule has 1 unspecified atom stereocenters. The van der Waals surface area contributed by atoms with Crippen LogP contribution in [-0.2, 0) is 16.0 Å². The van der Waals surface area contributed by atoms with Crippen molar-refractivity contribution in [1.82, 2.24) is 10.2 Å². The van der Waals surface area contributed by atoms with Gasteiger partial charge in [-0.05, 0) is 36.3 Å². The zero-order chi connectivity index (χ0) is 18.4. The summed E-state index contributed by atoms with van der Waals surface area (Å²) < 4.78 is 0. The van der Waals surface area contributed by atoms with Crippen LogP contribution in [0.5, 0.6) is 0 Å². The van der Waals surface area contributed by atoms with Gasteiger partial charge in [-0.15, -0.1) is 11.3 Å². The van der Waals surface area contributed by atoms with Gasteiger partial charge in [0.25, 0.3) is 0 Å². The molecule has 2 aromatic rings. The third-order valence-electron chi connectivity index (χ3n) is 4.85. The van der Waals surface area contributed by atoms with Crippen molar-refractivity contribution in [3.05, 3.63) is 58.3 Å². The Bertz CT molecular complexity index is 710. The number of hydrogen-bond acceptors (Lipinski definition) is 4. The van der Waals surface area contributed by atoms with Crippen molar-refractivity contribution in [2.24, 2.45) is 11.7 Å². The fourth-order valence-corrected chi connectivity index (χ4v) is 3.98. The smallest absolute Gasteiger partial charge is 0.244 e. The van der Waals surface area contributed by atoms with Crippen molar-refractivity contribution in [3.8, 4) is 0 Å². The van der Waals surface area contributed by atoms with Crippen molar-refractivity contribution in [3.63, 3.8) is 0 Å². The first kappa shape index (κ1) is 18.6. The Labute approximate surface area is 158 Å². The molecule has 2 amide bonds. The minimum Gasteiger partial charge on any atom is -0.355 e. The Balaban J connectivity index is 1.43. The van der Waals surface area contributed by atoms with Gasteiger partial charge in [-0.25, -0.2) is 0 Å². The number of thiophene rings is 1. The van der Waals surface area contributed by atoms with E-state index in [4.69, 9.17) is 5.73 Å². The normalized spacial score (nSPS) is 16.3. The van der Waals surface area contributed by atoms with Crippen molar-refractivity contribution in [1.29, 1.82) is 0 Å². The molecule has 26 heavy (non-hydrogen) atoms. The zero-order valence-corrected chi connectivity index (χ0v) is 15.6. The van der Waals surface area contributed by atoms with Gasteiger partial charge in [0, 0.05) is 30.4 Å². The molecule has 1 aliphatic heterocycles. The van der Waals surface area contributed by atoms with Crippen LogP contribution < -0.4 is 11.1 Å². The van der Waals surface area contributed by atoms with E-state index in [1.54, 1.807) is 16.2 Å². The van der Waals surface area contributed by atoms with E-state index < -0.39 is 6.04 Å². The summed E-state index contributed by atoms with van der Waals surface area (Å²) in [6.07, 6.45) is 2.25. The molecule has 1 saturated heterocycles. The molecule has 1 fully saturated rings. The first-order chi connectivity index (χ1) is 12.6. The minimum absolute atomic E-state index is 0.0182. The van der Waals surface area contributed by atoms with Gasteiger partial charge >= 0.3 is 0 Å². The van der Waals surface area contributed by atoms with Crippen molar-refractivity contribution < 1.29 is 9.59 Å². The van der Waals surface area contributed by atoms with Crippen molar-refractivity contribution >= 4 is 23.2 Å². The van der Waals surface area contributed by atoms with E-state index in [0.29, 0.717) is 32.5 Å². The molecule has 3 rings (SSSR count). The number of carbonyl (C=O) groups is 2. The van der Waals surface area contributed by atoms with Crippen LogP contribution in [0, 0.1) is 5.92 Å². The number of piperidine rings is 1. The maximum atomic E-state index is 12.6. The molecule has 0 bridgehead atoms. The second-order valence-electron chi connectivity index (χ2n) is 6.61. The summed E-state index contributed by atoms with van der Waals surface area (Å²) in [5, 5.41) is 5.07. The Hall–Kier alpha value is -2.18. The largest absolute Gasteiger partial charge is 0.355 e. The van der Waals surface area contributed by atoms with Crippen LogP contribution in [-0.4, -0.2) is 36.3 Å². The lowest BCUT2D eigenvalue weighted by atomic mass is 9.95. The van der Waals surface area contributed by atoms with Crippen LogP contribution in [0.3, 0.4) is 0 Å². The predicted octanol–water partition coefficient (Wildman–Crippen LogP) is 2.35. The molecule has 3 N–H and O–H groups in total. The molecule has 0 saturated carbocycles. The Kier molecular flexibility index (Phi) is 6.41. The van der Waals surface area contributed by atoms with Gasteiger partial charge in [0.15, 0.2) is 0 Å². The molecular formula is C20H25N3O2S. The van der Waals surface area contributed by atoms with E-state index in [2.05, 4.69) is 11.4 Å². The molecule has 2 heterocycles. The number of nitrogens with two attached hydrogens (primary N) is 1. The summed E-state index contributed by atoms with van der Waals surface area (Å²) in [7, 11) is 0. The van der Waals surface area contributed by atoms with Crippen LogP contribution in [0.15, 0.2) is 47.8 Å². The lowest BCUT2D eigenvalue weighted by Crippen LogP contribution is -2.46. The topological polar surface area (TPSA) is 75.4 Å². The van der Waals surface area contributed by atoms with Gasteiger partial charge in [0.1, 0.15) is 6.04 Å². The van der Waals surface area contributed by atoms with Gasteiger partial charge in [0.05, 0.1) is 0 Å². The molecule has 1 aliphatic rings. The number of hydrogen-bond donors (Lipinski definition) is 2. The summed E-state index contributed by atoms with van der Waals surface area (Å²) in [6.45, 7) is 1.84. The van der Waals surface area contributed by atoms with Crippen LogP contribution in [0.4, 0.5) is 0 Å². The Morgan fingerprint density at radius 3 is 2.54 bits per heavy atom. The van der Waals surface area contributed by atoms with Crippen LogP contribution in [0.25, 0.3) is 0 Å². The van der Waals surface area contributed by atoms with E-state index in [9.17, 15) is 9.59 Å². The molecule has 1 aromatic heterocycles. The first-order valence-electron chi connectivity index (χ1n) is 9.04. The Morgan fingerprint density at radius 1 is 1.15 bits per heavy atom. The highest BCUT2D eigenvalue weighted by atomic mass is 32.1. The zero-order valence-electron chi connectivity index (χ0n) is 14.8. The van der Waals surface area contributed by atoms with Crippen molar-refractivity contribution in [2.75, 3.05) is 19.6 Å². The molecule has 5 nitrogen and oxygen atoms in total. The van der Waals surface area contributed by atoms with E-state index in [0.717, 1.165) is 12.0 Å². The third-order valence-corrected chi connectivity index (χ3v) is 5.79. The maximum Gasteiger partial charge on any atom is 0.244 e. The van der Waals surface area contributed by atoms with E-state index in [1.807, 2.05) is 41.8 Å². The highest BCUT2D eigenvalue weighted by Crippen LogP contribution is 2.21. The fourth-order valence-electron chi connectivity index (χ4n) is 3.27. The molecule has 1 atom stereocenters. The molecule has 6 heteroatoms. The summed E-state index contributed by atoms with van der Waals surface area (Å²) in [4.78, 5) is 28.0. The molecule has 0 spiro atoms. The average Bonchev–Trinajstić information content (AvgIpc) is 3.21. The first-order valence-corrected chi connectivity index (χ1v) is 9.92. The molecule has 138 valence electrons. The number of rotatable bonds is 6. The second-order valence-corrected chi connectivity index (χ2v) is 7.64. The van der Waals surface area contributed by atoms with Gasteiger partial charge in [-0.3, -0.25) is 9.59 Å². The fraction of sp³-hybridized carbons (Fsp3) is 0.400. The SMILES string of the molecule is NC(C(=O)N1CCC(C(=O)NCCc2cccs2)CC1)c1ccccc1. The van der Waals surface area contributed by atoms with Crippen LogP contribution in [0.1, 0.15) is 29.3 Å². The summed E-state index contributed by atoms with van der Waals surface area (Å²) in [5.74, 6) is 0.0177. The summed E-state index contributed by atoms with van der Waals surface area (Å²) in [6, 6.07) is 12.9. The van der Waals surface area contributed by atoms with E-state index >= 15 is 0 Å². The van der Waals surface area contributed by atoms with Gasteiger partial charge < -0.3 is 16.0 Å². The number of likely N-dealkylation sites (tertiary alicyclic amines) is 1. The van der Waals surface area contributed by atoms with Crippen molar-refractivity contribution in [2.45, 2.75) is 25.3 Å². The Morgan fingerprint density at radius 2 is 1.88 bits per heavy atom. The van der Waals surface area contributed by atoms with E-state index in [1.165, 1.54) is 4.88 Å². The van der Waals surface area contributed by atoms with Crippen LogP contribution in [0.2, 0.25) is 0 Å². The lowest BCUT2D eigenvalue weighted by molar-refractivity contribution is -0.136. The summed E-state index contributed by atoms with van der Waals surface area (Å²) >= 11 is 1.71. The molecular weight excluding hydrogens is 346 g/mol. The standard InChI is InChI=1S/C20H25N3O2S/c21-18(15-5-2-1-3-6-15)20(25)23-12-9-16(10-13-23)19(24)22-11-8-17-7-4-14-26-17/h1-7,14,16,18H,8-13,21H2,(H,22,24). The highest BCUT2D eigenvalue weighted by molar-refractivity contribution is 7.09. The molecule has 0 radical (unpaired) electrons. The monoisotopic (exact) mass is 371 g/mol. The van der Waals surface area contributed by atoms with Crippen LogP contribution >= 0.6 is 11.3 Å². The van der Waals surface area contributed by atoms with E-state index in [-0.39, 0.29) is 17.7 Å². The maximum absolute atomic E-state index is 12.6. The number of nitrogens with one attached hydrogen (secondary N) is 1. The number of nitrogens with zero attached hydrogens (tertiary/aromatic N) is 1.